The van der Waals surface area contributed by atoms with Gasteiger partial charge in [0.1, 0.15) is 23.7 Å². The molecule has 2 aromatic carbocycles. The van der Waals surface area contributed by atoms with E-state index in [2.05, 4.69) is 19.9 Å². The lowest BCUT2D eigenvalue weighted by Crippen LogP contribution is -2.58. The van der Waals surface area contributed by atoms with Gasteiger partial charge in [-0.1, -0.05) is 36.8 Å². The largest absolute Gasteiger partial charge is 0.674 e. The van der Waals surface area contributed by atoms with Crippen molar-refractivity contribution in [1.29, 1.82) is 0 Å². The minimum Gasteiger partial charge on any atom is -0.674 e. The van der Waals surface area contributed by atoms with Crippen LogP contribution in [-0.2, 0) is 33.5 Å². The van der Waals surface area contributed by atoms with Crippen LogP contribution in [0, 0.1) is 0 Å². The van der Waals surface area contributed by atoms with Crippen LogP contribution < -0.4 is 4.90 Å². The number of carbonyl (C=O) groups is 1. The second-order valence-corrected chi connectivity index (χ2v) is 11.7. The normalized spacial score (nSPS) is 16.2. The van der Waals surface area contributed by atoms with Gasteiger partial charge in [-0.3, -0.25) is 4.79 Å². The molecule has 2 N–H and O–H groups in total. The van der Waals surface area contributed by atoms with E-state index < -0.39 is 44.6 Å². The lowest BCUT2D eigenvalue weighted by atomic mass is 10.0. The number of hydrogen-bond acceptors (Lipinski definition) is 8. The van der Waals surface area contributed by atoms with Gasteiger partial charge in [-0.2, -0.15) is 17.5 Å². The molecule has 3 heterocycles. The highest BCUT2D eigenvalue weighted by Gasteiger charge is 2.41. The summed E-state index contributed by atoms with van der Waals surface area (Å²) in [7, 11) is -4.36. The van der Waals surface area contributed by atoms with Gasteiger partial charge in [0.25, 0.3) is 5.92 Å². The molecular formula is C28H27F5N7O4S-. The number of nitrogens with one attached hydrogen (secondary N) is 1. The number of carboxylic acid groups (broad SMARTS) is 1. The summed E-state index contributed by atoms with van der Waals surface area (Å²) in [5.74, 6) is -3.82. The number of benzene rings is 2. The number of sulfonamides is 1. The predicted molar refractivity (Wildman–Crippen MR) is 153 cm³/mol. The summed E-state index contributed by atoms with van der Waals surface area (Å²) in [6, 6.07) is 7.38. The fraction of sp³-hybridized carbons (Fsp3) is 0.321. The SMILES string of the molecule is CCC(F)(F)c1ccc(C[NH-])cc1.O=C(O)[C@H]1CN(c2cnc3cncnc3n2)CCN1S(=O)(=O)c1ccc(C(F)(F)F)cc1. The molecule has 1 fully saturated rings. The number of piperazine rings is 1. The smallest absolute Gasteiger partial charge is 0.416 e. The van der Waals surface area contributed by atoms with Gasteiger partial charge in [-0.05, 0) is 24.3 Å². The number of alkyl halides is 5. The summed E-state index contributed by atoms with van der Waals surface area (Å²) < 4.78 is 91.2. The number of fused-ring (bicyclic) bond motifs is 1. The molecule has 5 rings (SSSR count). The summed E-state index contributed by atoms with van der Waals surface area (Å²) in [5, 5.41) is 9.67. The van der Waals surface area contributed by atoms with Crippen LogP contribution in [0.1, 0.15) is 30.0 Å². The van der Waals surface area contributed by atoms with Crippen molar-refractivity contribution in [2.24, 2.45) is 0 Å². The van der Waals surface area contributed by atoms with E-state index in [4.69, 9.17) is 5.73 Å². The third-order valence-corrected chi connectivity index (χ3v) is 8.89. The Morgan fingerprint density at radius 1 is 0.978 bits per heavy atom. The highest BCUT2D eigenvalue weighted by molar-refractivity contribution is 7.89. The lowest BCUT2D eigenvalue weighted by Gasteiger charge is -2.38. The number of carboxylic acids is 1. The number of aromatic nitrogens is 4. The molecule has 0 saturated carbocycles. The summed E-state index contributed by atoms with van der Waals surface area (Å²) in [6.45, 7) is 1.23. The monoisotopic (exact) mass is 652 g/mol. The first-order chi connectivity index (χ1) is 21.2. The first-order valence-electron chi connectivity index (χ1n) is 13.4. The fourth-order valence-electron chi connectivity index (χ4n) is 4.40. The van der Waals surface area contributed by atoms with Gasteiger partial charge >= 0.3 is 12.1 Å². The Morgan fingerprint density at radius 2 is 1.62 bits per heavy atom. The summed E-state index contributed by atoms with van der Waals surface area (Å²) >= 11 is 0. The summed E-state index contributed by atoms with van der Waals surface area (Å²) in [5.41, 5.74) is 7.55. The number of hydrogen-bond donors (Lipinski definition) is 1. The second-order valence-electron chi connectivity index (χ2n) is 9.83. The molecule has 1 aliphatic heterocycles. The van der Waals surface area contributed by atoms with E-state index in [0.717, 1.165) is 22.0 Å². The molecule has 1 atom stereocenters. The first kappa shape index (κ1) is 33.5. The minimum absolute atomic E-state index is 0.0344. The van der Waals surface area contributed by atoms with Crippen LogP contribution >= 0.6 is 0 Å². The van der Waals surface area contributed by atoms with Crippen LogP contribution in [0.25, 0.3) is 16.9 Å². The van der Waals surface area contributed by atoms with E-state index in [1.54, 1.807) is 17.0 Å². The Bertz CT molecular complexity index is 1740. The quantitative estimate of drug-likeness (QED) is 0.267. The lowest BCUT2D eigenvalue weighted by molar-refractivity contribution is -0.141. The Kier molecular flexibility index (Phi) is 9.94. The average Bonchev–Trinajstić information content (AvgIpc) is 3.04. The molecule has 240 valence electrons. The maximum absolute atomic E-state index is 13.1. The number of nitrogens with zero attached hydrogens (tertiary/aromatic N) is 6. The van der Waals surface area contributed by atoms with Crippen molar-refractivity contribution in [3.05, 3.63) is 89.7 Å². The van der Waals surface area contributed by atoms with Crippen molar-refractivity contribution in [1.82, 2.24) is 24.2 Å². The van der Waals surface area contributed by atoms with Crippen molar-refractivity contribution in [3.8, 4) is 0 Å². The third kappa shape index (κ3) is 7.66. The highest BCUT2D eigenvalue weighted by atomic mass is 32.2. The highest BCUT2D eigenvalue weighted by Crippen LogP contribution is 2.32. The Balaban J connectivity index is 0.000000297. The number of halogens is 5. The van der Waals surface area contributed by atoms with E-state index in [9.17, 15) is 40.3 Å². The minimum atomic E-state index is -4.62. The number of aliphatic carboxylic acids is 1. The van der Waals surface area contributed by atoms with Crippen LogP contribution in [-0.4, -0.2) is 69.4 Å². The van der Waals surface area contributed by atoms with Crippen LogP contribution in [0.3, 0.4) is 0 Å². The van der Waals surface area contributed by atoms with Gasteiger partial charge < -0.3 is 15.7 Å². The maximum atomic E-state index is 13.1. The molecule has 11 nitrogen and oxygen atoms in total. The molecule has 1 saturated heterocycles. The Morgan fingerprint density at radius 3 is 2.20 bits per heavy atom. The zero-order chi connectivity index (χ0) is 33.0. The Labute approximate surface area is 254 Å². The molecule has 0 radical (unpaired) electrons. The van der Waals surface area contributed by atoms with Crippen LogP contribution in [0.15, 0.2) is 72.1 Å². The van der Waals surface area contributed by atoms with Crippen molar-refractivity contribution < 1.29 is 40.3 Å². The van der Waals surface area contributed by atoms with Gasteiger partial charge in [0.05, 0.1) is 22.9 Å². The molecule has 0 unspecified atom stereocenters. The van der Waals surface area contributed by atoms with Crippen LogP contribution in [0.2, 0.25) is 0 Å². The van der Waals surface area contributed by atoms with Gasteiger partial charge in [0.15, 0.2) is 5.65 Å². The molecule has 45 heavy (non-hydrogen) atoms. The van der Waals surface area contributed by atoms with Crippen LogP contribution in [0.4, 0.5) is 27.8 Å². The standard InChI is InChI=1S/C18H15F3N6O4S.C10H12F2N/c19-18(20,21)11-1-3-12(4-2-11)32(30,31)27-6-5-26(9-14(27)17(28)29)15-8-23-13-7-22-10-24-16(13)25-15;1-2-10(11,12)9-5-3-8(7-13)4-6-9/h1-4,7-8,10,14H,5-6,9H2,(H,28,29);3-6,13H,2,7H2,1H3/q;-1/t14-;/m1./s1. The molecule has 0 aliphatic carbocycles. The molecule has 17 heteroatoms. The van der Waals surface area contributed by atoms with E-state index in [-0.39, 0.29) is 38.2 Å². The summed E-state index contributed by atoms with van der Waals surface area (Å²) in [6.07, 6.45) is -0.648. The molecule has 0 spiro atoms. The predicted octanol–water partition coefficient (Wildman–Crippen LogP) is 5.14. The molecule has 1 aliphatic rings. The third-order valence-electron chi connectivity index (χ3n) is 6.97. The van der Waals surface area contributed by atoms with Crippen molar-refractivity contribution in [2.45, 2.75) is 42.9 Å². The van der Waals surface area contributed by atoms with E-state index >= 15 is 0 Å². The first-order valence-corrected chi connectivity index (χ1v) is 14.8. The van der Waals surface area contributed by atoms with E-state index in [1.807, 2.05) is 0 Å². The van der Waals surface area contributed by atoms with Crippen LogP contribution in [0.5, 0.6) is 0 Å². The van der Waals surface area contributed by atoms with E-state index in [1.165, 1.54) is 37.8 Å². The summed E-state index contributed by atoms with van der Waals surface area (Å²) in [4.78, 5) is 29.3. The molecule has 0 amide bonds. The molecule has 4 aromatic rings. The second kappa shape index (κ2) is 13.3. The fourth-order valence-corrected chi connectivity index (χ4v) is 5.96. The topological polar surface area (TPSA) is 153 Å². The number of anilines is 1. The zero-order valence-electron chi connectivity index (χ0n) is 23.6. The van der Waals surface area contributed by atoms with Crippen molar-refractivity contribution in [2.75, 3.05) is 24.5 Å². The molecule has 2 aromatic heterocycles. The Hall–Kier alpha value is -4.35. The van der Waals surface area contributed by atoms with Crippen molar-refractivity contribution in [3.63, 3.8) is 0 Å². The average molecular weight is 653 g/mol. The maximum Gasteiger partial charge on any atom is 0.416 e. The van der Waals surface area contributed by atoms with Crippen molar-refractivity contribution >= 4 is 33.0 Å². The van der Waals surface area contributed by atoms with E-state index in [0.29, 0.717) is 29.1 Å². The zero-order valence-corrected chi connectivity index (χ0v) is 24.4. The van der Waals surface area contributed by atoms with Gasteiger partial charge in [0, 0.05) is 31.6 Å². The molecule has 0 bridgehead atoms. The van der Waals surface area contributed by atoms with Gasteiger partial charge in [0.2, 0.25) is 10.0 Å². The number of rotatable bonds is 7. The molecular weight excluding hydrogens is 625 g/mol. The van der Waals surface area contributed by atoms with Gasteiger partial charge in [-0.25, -0.2) is 37.1 Å². The van der Waals surface area contributed by atoms with Gasteiger partial charge in [-0.15, -0.1) is 6.54 Å².